The predicted molar refractivity (Wildman–Crippen MR) is 94.6 cm³/mol. The molecule has 0 aliphatic carbocycles. The molecule has 0 fully saturated rings. The van der Waals surface area contributed by atoms with Gasteiger partial charge in [0, 0.05) is 5.56 Å². The van der Waals surface area contributed by atoms with Crippen LogP contribution in [0.3, 0.4) is 0 Å². The Bertz CT molecular complexity index is 1120. The summed E-state index contributed by atoms with van der Waals surface area (Å²) >= 11 is 0. The van der Waals surface area contributed by atoms with Gasteiger partial charge in [0.2, 0.25) is 0 Å². The van der Waals surface area contributed by atoms with E-state index < -0.39 is 29.9 Å². The zero-order valence-corrected chi connectivity index (χ0v) is 14.8. The highest BCUT2D eigenvalue weighted by molar-refractivity contribution is 5.87. The number of hydrogen-bond donors (Lipinski definition) is 2. The summed E-state index contributed by atoms with van der Waals surface area (Å²) in [5.74, 6) is -0.709. The van der Waals surface area contributed by atoms with Gasteiger partial charge in [0.05, 0.1) is 22.0 Å². The van der Waals surface area contributed by atoms with E-state index in [2.05, 4.69) is 9.97 Å². The second-order valence-corrected chi connectivity index (χ2v) is 6.19. The van der Waals surface area contributed by atoms with E-state index in [0.717, 1.165) is 6.07 Å². The zero-order valence-electron chi connectivity index (χ0n) is 14.8. The Balaban J connectivity index is 2.07. The average molecular weight is 392 g/mol. The van der Waals surface area contributed by atoms with Crippen LogP contribution in [-0.4, -0.2) is 21.0 Å². The largest absolute Gasteiger partial charge is 0.489 e. The zero-order chi connectivity index (χ0) is 20.6. The van der Waals surface area contributed by atoms with E-state index in [4.69, 9.17) is 9.84 Å². The topological polar surface area (TPSA) is 92.3 Å². The highest BCUT2D eigenvalue weighted by Gasteiger charge is 2.35. The smallest absolute Gasteiger partial charge is 0.416 e. The number of hydrogen-bond acceptors (Lipinski definition) is 4. The Morgan fingerprint density at radius 1 is 1.21 bits per heavy atom. The van der Waals surface area contributed by atoms with Crippen LogP contribution in [0.4, 0.5) is 13.2 Å². The molecule has 0 saturated carbocycles. The third-order valence-corrected chi connectivity index (χ3v) is 4.29. The number of aromatic nitrogens is 2. The first-order valence-corrected chi connectivity index (χ1v) is 8.14. The second kappa shape index (κ2) is 6.99. The third kappa shape index (κ3) is 3.68. The van der Waals surface area contributed by atoms with Crippen molar-refractivity contribution in [3.05, 3.63) is 68.8 Å². The Morgan fingerprint density at radius 2 is 1.86 bits per heavy atom. The standard InChI is InChI=1S/C19H15F3N2O4/c1-9-13(8-28-12-5-3-11(4-6-12)18(26)27)14(19(20,21)22)7-15-16(9)17(25)24-10(2)23-15/h3-7H,8H2,1-2H3,(H,26,27)(H,23,24,25). The first-order chi connectivity index (χ1) is 13.1. The van der Waals surface area contributed by atoms with Crippen LogP contribution in [0, 0.1) is 13.8 Å². The molecule has 28 heavy (non-hydrogen) atoms. The number of carboxylic acid groups (broad SMARTS) is 1. The summed E-state index contributed by atoms with van der Waals surface area (Å²) in [4.78, 5) is 29.6. The van der Waals surface area contributed by atoms with Gasteiger partial charge in [-0.25, -0.2) is 9.78 Å². The highest BCUT2D eigenvalue weighted by atomic mass is 19.4. The van der Waals surface area contributed by atoms with Crippen molar-refractivity contribution in [2.24, 2.45) is 0 Å². The first-order valence-electron chi connectivity index (χ1n) is 8.14. The predicted octanol–water partition coefficient (Wildman–Crippen LogP) is 3.84. The van der Waals surface area contributed by atoms with E-state index in [-0.39, 0.29) is 39.2 Å². The number of aromatic amines is 1. The minimum atomic E-state index is -4.66. The maximum Gasteiger partial charge on any atom is 0.416 e. The van der Waals surface area contributed by atoms with Gasteiger partial charge in [-0.3, -0.25) is 4.79 Å². The summed E-state index contributed by atoms with van der Waals surface area (Å²) in [5, 5.41) is 8.96. The summed E-state index contributed by atoms with van der Waals surface area (Å²) in [6.45, 7) is 2.45. The molecule has 0 saturated heterocycles. The molecule has 2 N–H and O–H groups in total. The highest BCUT2D eigenvalue weighted by Crippen LogP contribution is 2.36. The summed E-state index contributed by atoms with van der Waals surface area (Å²) in [5.41, 5.74) is -1.53. The average Bonchev–Trinajstić information content (AvgIpc) is 2.59. The van der Waals surface area contributed by atoms with Crippen LogP contribution >= 0.6 is 0 Å². The molecule has 3 aromatic rings. The maximum atomic E-state index is 13.6. The number of alkyl halides is 3. The van der Waals surface area contributed by atoms with Crippen molar-refractivity contribution in [2.75, 3.05) is 0 Å². The molecule has 0 atom stereocenters. The van der Waals surface area contributed by atoms with Crippen LogP contribution in [0.1, 0.15) is 32.9 Å². The van der Waals surface area contributed by atoms with E-state index >= 15 is 0 Å². The number of carbonyl (C=O) groups is 1. The lowest BCUT2D eigenvalue weighted by atomic mass is 9.97. The molecular weight excluding hydrogens is 377 g/mol. The Hall–Kier alpha value is -3.36. The Morgan fingerprint density at radius 3 is 2.43 bits per heavy atom. The summed E-state index contributed by atoms with van der Waals surface area (Å²) in [6, 6.07) is 6.12. The lowest BCUT2D eigenvalue weighted by molar-refractivity contribution is -0.138. The molecule has 0 aliphatic rings. The number of carboxylic acids is 1. The van der Waals surface area contributed by atoms with Crippen molar-refractivity contribution in [3.8, 4) is 5.75 Å². The molecule has 146 valence electrons. The molecule has 9 heteroatoms. The minimum Gasteiger partial charge on any atom is -0.489 e. The molecule has 0 bridgehead atoms. The molecule has 0 aliphatic heterocycles. The number of aryl methyl sites for hydroxylation is 2. The van der Waals surface area contributed by atoms with Gasteiger partial charge in [0.1, 0.15) is 18.2 Å². The lowest BCUT2D eigenvalue weighted by Gasteiger charge is -2.18. The molecule has 3 rings (SSSR count). The molecule has 2 aromatic carbocycles. The van der Waals surface area contributed by atoms with Gasteiger partial charge < -0.3 is 14.8 Å². The second-order valence-electron chi connectivity index (χ2n) is 6.19. The van der Waals surface area contributed by atoms with E-state index in [1.807, 2.05) is 0 Å². The molecule has 6 nitrogen and oxygen atoms in total. The van der Waals surface area contributed by atoms with Gasteiger partial charge >= 0.3 is 12.1 Å². The number of fused-ring (bicyclic) bond motifs is 1. The van der Waals surface area contributed by atoms with Crippen molar-refractivity contribution in [1.29, 1.82) is 0 Å². The Labute approximate surface area is 156 Å². The van der Waals surface area contributed by atoms with E-state index in [9.17, 15) is 22.8 Å². The van der Waals surface area contributed by atoms with E-state index in [1.54, 1.807) is 0 Å². The van der Waals surface area contributed by atoms with Gasteiger partial charge in [0.25, 0.3) is 5.56 Å². The number of ether oxygens (including phenoxy) is 1. The summed E-state index contributed by atoms with van der Waals surface area (Å²) in [7, 11) is 0. The van der Waals surface area contributed by atoms with Crippen molar-refractivity contribution >= 4 is 16.9 Å². The molecule has 1 aromatic heterocycles. The van der Waals surface area contributed by atoms with Gasteiger partial charge in [-0.05, 0) is 49.7 Å². The SMILES string of the molecule is Cc1nc2cc(C(F)(F)F)c(COc3ccc(C(=O)O)cc3)c(C)c2c(=O)[nH]1. The van der Waals surface area contributed by atoms with E-state index in [0.29, 0.717) is 0 Å². The molecule has 1 heterocycles. The van der Waals surface area contributed by atoms with Gasteiger partial charge in [0.15, 0.2) is 0 Å². The number of nitrogens with one attached hydrogen (secondary N) is 1. The normalized spacial score (nSPS) is 11.6. The number of aromatic carboxylic acids is 1. The van der Waals surface area contributed by atoms with Gasteiger partial charge in [-0.2, -0.15) is 13.2 Å². The number of nitrogens with zero attached hydrogens (tertiary/aromatic N) is 1. The summed E-state index contributed by atoms with van der Waals surface area (Å²) < 4.78 is 46.2. The molecule has 0 amide bonds. The maximum absolute atomic E-state index is 13.6. The first kappa shape index (κ1) is 19.4. The number of halogens is 3. The van der Waals surface area contributed by atoms with Crippen LogP contribution in [0.15, 0.2) is 35.1 Å². The monoisotopic (exact) mass is 392 g/mol. The van der Waals surface area contributed by atoms with Gasteiger partial charge in [-0.15, -0.1) is 0 Å². The van der Waals surface area contributed by atoms with Crippen molar-refractivity contribution in [3.63, 3.8) is 0 Å². The van der Waals surface area contributed by atoms with Crippen LogP contribution in [0.5, 0.6) is 5.75 Å². The van der Waals surface area contributed by atoms with Crippen LogP contribution < -0.4 is 10.3 Å². The fraction of sp³-hybridized carbons (Fsp3) is 0.211. The third-order valence-electron chi connectivity index (χ3n) is 4.29. The minimum absolute atomic E-state index is 0.0261. The molecule has 0 spiro atoms. The van der Waals surface area contributed by atoms with Crippen molar-refractivity contribution in [2.45, 2.75) is 26.6 Å². The lowest BCUT2D eigenvalue weighted by Crippen LogP contribution is -2.17. The fourth-order valence-electron chi connectivity index (χ4n) is 2.94. The number of H-pyrrole nitrogens is 1. The van der Waals surface area contributed by atoms with Crippen LogP contribution in [0.25, 0.3) is 10.9 Å². The van der Waals surface area contributed by atoms with E-state index in [1.165, 1.54) is 38.1 Å². The molecular formula is C19H15F3N2O4. The van der Waals surface area contributed by atoms with Gasteiger partial charge in [-0.1, -0.05) is 0 Å². The Kier molecular flexibility index (Phi) is 4.84. The number of benzene rings is 2. The van der Waals surface area contributed by atoms with Crippen molar-refractivity contribution in [1.82, 2.24) is 9.97 Å². The summed E-state index contributed by atoms with van der Waals surface area (Å²) in [6.07, 6.45) is -4.66. The fourth-order valence-corrected chi connectivity index (χ4v) is 2.94. The molecule has 0 radical (unpaired) electrons. The molecule has 0 unspecified atom stereocenters. The number of rotatable bonds is 4. The quantitative estimate of drug-likeness (QED) is 0.704. The van der Waals surface area contributed by atoms with Crippen LogP contribution in [-0.2, 0) is 12.8 Å². The van der Waals surface area contributed by atoms with Crippen molar-refractivity contribution < 1.29 is 27.8 Å². The van der Waals surface area contributed by atoms with Crippen LogP contribution in [0.2, 0.25) is 0 Å².